The van der Waals surface area contributed by atoms with Gasteiger partial charge in [-0.1, -0.05) is 44.6 Å². The van der Waals surface area contributed by atoms with Crippen molar-refractivity contribution in [3.8, 4) is 0 Å². The minimum atomic E-state index is 0.0571. The lowest BCUT2D eigenvalue weighted by molar-refractivity contribution is -0.118. The van der Waals surface area contributed by atoms with E-state index in [1.807, 2.05) is 6.92 Å². The van der Waals surface area contributed by atoms with E-state index in [2.05, 4.69) is 39.0 Å². The van der Waals surface area contributed by atoms with Gasteiger partial charge in [0.05, 0.1) is 0 Å². The zero-order chi connectivity index (χ0) is 11.6. The zero-order valence-corrected chi connectivity index (χ0v) is 10.5. The van der Waals surface area contributed by atoms with Crippen LogP contribution in [0.1, 0.15) is 41.0 Å². The highest BCUT2D eigenvalue weighted by Gasteiger charge is 2.32. The molecule has 0 amide bonds. The summed E-state index contributed by atoms with van der Waals surface area (Å²) in [7, 11) is 0. The van der Waals surface area contributed by atoms with E-state index in [1.54, 1.807) is 6.92 Å². The quantitative estimate of drug-likeness (QED) is 0.643. The van der Waals surface area contributed by atoms with Crippen molar-refractivity contribution in [3.63, 3.8) is 0 Å². The summed E-state index contributed by atoms with van der Waals surface area (Å²) in [4.78, 5) is 11.1. The van der Waals surface area contributed by atoms with Crippen LogP contribution in [0, 0.1) is 17.3 Å². The molecule has 0 aromatic rings. The number of carbonyl (C=O) groups is 1. The molecule has 1 nitrogen and oxygen atoms in total. The van der Waals surface area contributed by atoms with Gasteiger partial charge in [-0.2, -0.15) is 0 Å². The number of ketones is 1. The van der Waals surface area contributed by atoms with Gasteiger partial charge in [-0.25, -0.2) is 0 Å². The first-order valence-electron chi connectivity index (χ1n) is 5.71. The van der Waals surface area contributed by atoms with Crippen LogP contribution >= 0.6 is 0 Å². The molecule has 84 valence electrons. The first-order valence-corrected chi connectivity index (χ1v) is 5.71. The zero-order valence-electron chi connectivity index (χ0n) is 10.5. The van der Waals surface area contributed by atoms with Gasteiger partial charge in [0.1, 0.15) is 5.78 Å². The fourth-order valence-electron chi connectivity index (χ4n) is 1.91. The Hall–Kier alpha value is -0.850. The highest BCUT2D eigenvalue weighted by atomic mass is 16.1. The third-order valence-electron chi connectivity index (χ3n) is 3.89. The summed E-state index contributed by atoms with van der Waals surface area (Å²) in [6, 6.07) is 0. The maximum Gasteiger partial charge on any atom is 0.136 e. The Morgan fingerprint density at radius 1 is 1.60 bits per heavy atom. The van der Waals surface area contributed by atoms with E-state index in [1.165, 1.54) is 5.57 Å². The molecule has 1 aliphatic rings. The van der Waals surface area contributed by atoms with Crippen molar-refractivity contribution in [3.05, 3.63) is 23.8 Å². The molecule has 1 heteroatoms. The van der Waals surface area contributed by atoms with E-state index in [-0.39, 0.29) is 17.1 Å². The summed E-state index contributed by atoms with van der Waals surface area (Å²) in [5.74, 6) is 0.854. The molecule has 15 heavy (non-hydrogen) atoms. The van der Waals surface area contributed by atoms with Gasteiger partial charge >= 0.3 is 0 Å². The summed E-state index contributed by atoms with van der Waals surface area (Å²) in [6.45, 7) is 10.4. The van der Waals surface area contributed by atoms with Crippen molar-refractivity contribution in [2.45, 2.75) is 41.0 Å². The Morgan fingerprint density at radius 3 is 2.60 bits per heavy atom. The second-order valence-corrected chi connectivity index (χ2v) is 5.24. The van der Waals surface area contributed by atoms with Crippen molar-refractivity contribution in [2.24, 2.45) is 17.3 Å². The topological polar surface area (TPSA) is 17.1 Å². The summed E-state index contributed by atoms with van der Waals surface area (Å²) < 4.78 is 0. The molecule has 1 unspecified atom stereocenters. The summed E-state index contributed by atoms with van der Waals surface area (Å²) in [5, 5.41) is 0. The molecule has 0 heterocycles. The van der Waals surface area contributed by atoms with Gasteiger partial charge in [-0.15, -0.1) is 0 Å². The van der Waals surface area contributed by atoms with Crippen LogP contribution < -0.4 is 0 Å². The van der Waals surface area contributed by atoms with Crippen LogP contribution in [0.25, 0.3) is 0 Å². The van der Waals surface area contributed by atoms with E-state index >= 15 is 0 Å². The SMILES string of the molecule is CC(=O)C(C)C=C[C@H]1CC=C(C)C1(C)C. The Bertz CT molecular complexity index is 307. The monoisotopic (exact) mass is 206 g/mol. The van der Waals surface area contributed by atoms with E-state index in [0.29, 0.717) is 5.92 Å². The van der Waals surface area contributed by atoms with Gasteiger partial charge in [0.2, 0.25) is 0 Å². The Morgan fingerprint density at radius 2 is 2.20 bits per heavy atom. The van der Waals surface area contributed by atoms with Crippen molar-refractivity contribution >= 4 is 5.78 Å². The van der Waals surface area contributed by atoms with E-state index in [4.69, 9.17) is 0 Å². The fraction of sp³-hybridized carbons (Fsp3) is 0.643. The normalized spacial score (nSPS) is 26.7. The Balaban J connectivity index is 2.66. The highest BCUT2D eigenvalue weighted by molar-refractivity contribution is 5.79. The van der Waals surface area contributed by atoms with Gasteiger partial charge in [0.25, 0.3) is 0 Å². The molecular weight excluding hydrogens is 184 g/mol. The van der Waals surface area contributed by atoms with E-state index in [9.17, 15) is 4.79 Å². The molecule has 0 aliphatic heterocycles. The average Bonchev–Trinajstić information content (AvgIpc) is 2.39. The lowest BCUT2D eigenvalue weighted by atomic mass is 9.77. The predicted octanol–water partition coefficient (Wildman–Crippen LogP) is 3.76. The van der Waals surface area contributed by atoms with Crippen LogP contribution in [-0.4, -0.2) is 5.78 Å². The first-order chi connectivity index (χ1) is 6.85. The maximum absolute atomic E-state index is 11.1. The van der Waals surface area contributed by atoms with Gasteiger partial charge in [-0.3, -0.25) is 4.79 Å². The molecule has 0 fully saturated rings. The molecule has 0 bridgehead atoms. The number of rotatable bonds is 3. The van der Waals surface area contributed by atoms with Gasteiger partial charge < -0.3 is 0 Å². The van der Waals surface area contributed by atoms with Crippen LogP contribution in [0.5, 0.6) is 0 Å². The largest absolute Gasteiger partial charge is 0.299 e. The molecule has 0 radical (unpaired) electrons. The minimum absolute atomic E-state index is 0.0571. The Labute approximate surface area is 93.3 Å². The minimum Gasteiger partial charge on any atom is -0.299 e. The molecule has 0 saturated carbocycles. The van der Waals surface area contributed by atoms with Crippen molar-refractivity contribution in [1.82, 2.24) is 0 Å². The Kier molecular flexibility index (Phi) is 3.54. The summed E-state index contributed by atoms with van der Waals surface area (Å²) in [5.41, 5.74) is 1.72. The molecule has 0 N–H and O–H groups in total. The van der Waals surface area contributed by atoms with Gasteiger partial charge in [-0.05, 0) is 31.6 Å². The number of hydrogen-bond acceptors (Lipinski definition) is 1. The van der Waals surface area contributed by atoms with Crippen molar-refractivity contribution in [1.29, 1.82) is 0 Å². The van der Waals surface area contributed by atoms with Crippen LogP contribution in [0.2, 0.25) is 0 Å². The maximum atomic E-state index is 11.1. The molecular formula is C14H22O. The molecule has 0 spiro atoms. The molecule has 0 aromatic heterocycles. The lowest BCUT2D eigenvalue weighted by Gasteiger charge is -2.27. The number of allylic oxidation sites excluding steroid dienone is 4. The molecule has 2 atom stereocenters. The second-order valence-electron chi connectivity index (χ2n) is 5.24. The van der Waals surface area contributed by atoms with Crippen LogP contribution in [0.3, 0.4) is 0 Å². The standard InChI is InChI=1S/C14H22O/c1-10(12(3)15)6-8-13-9-7-11(2)14(13,4)5/h6-8,10,13H,9H2,1-5H3/t10?,13-/m0/s1. The highest BCUT2D eigenvalue weighted by Crippen LogP contribution is 2.43. The summed E-state index contributed by atoms with van der Waals surface area (Å²) in [6.07, 6.45) is 7.70. The van der Waals surface area contributed by atoms with Gasteiger partial charge in [0.15, 0.2) is 0 Å². The third-order valence-corrected chi connectivity index (χ3v) is 3.89. The van der Waals surface area contributed by atoms with Crippen molar-refractivity contribution < 1.29 is 4.79 Å². The number of Topliss-reactive ketones (excluding diaryl/α,β-unsaturated/α-hetero) is 1. The fourth-order valence-corrected chi connectivity index (χ4v) is 1.91. The third kappa shape index (κ3) is 2.58. The van der Waals surface area contributed by atoms with Crippen molar-refractivity contribution in [2.75, 3.05) is 0 Å². The molecule has 0 saturated heterocycles. The second kappa shape index (κ2) is 4.34. The number of carbonyl (C=O) groups excluding carboxylic acids is 1. The average molecular weight is 206 g/mol. The number of hydrogen-bond donors (Lipinski definition) is 0. The first kappa shape index (κ1) is 12.2. The molecule has 1 rings (SSSR count). The van der Waals surface area contributed by atoms with Crippen LogP contribution in [0.15, 0.2) is 23.8 Å². The summed E-state index contributed by atoms with van der Waals surface area (Å²) >= 11 is 0. The van der Waals surface area contributed by atoms with E-state index < -0.39 is 0 Å². The molecule has 0 aromatic carbocycles. The van der Waals surface area contributed by atoms with Crippen LogP contribution in [-0.2, 0) is 4.79 Å². The lowest BCUT2D eigenvalue weighted by Crippen LogP contribution is -2.18. The van der Waals surface area contributed by atoms with Crippen LogP contribution in [0.4, 0.5) is 0 Å². The smallest absolute Gasteiger partial charge is 0.136 e. The van der Waals surface area contributed by atoms with E-state index in [0.717, 1.165) is 6.42 Å². The molecule has 1 aliphatic carbocycles. The predicted molar refractivity (Wildman–Crippen MR) is 64.6 cm³/mol. The van der Waals surface area contributed by atoms with Gasteiger partial charge in [0, 0.05) is 5.92 Å².